The number of unbranched alkanes of at least 4 members (excludes halogenated alkanes) is 1. The van der Waals surface area contributed by atoms with Crippen LogP contribution in [0.3, 0.4) is 0 Å². The van der Waals surface area contributed by atoms with Crippen molar-refractivity contribution < 1.29 is 14.2 Å². The van der Waals surface area contributed by atoms with Crippen LogP contribution in [0.2, 0.25) is 0 Å². The summed E-state index contributed by atoms with van der Waals surface area (Å²) in [7, 11) is 0. The second-order valence-electron chi connectivity index (χ2n) is 12.2. The van der Waals surface area contributed by atoms with Crippen molar-refractivity contribution in [2.45, 2.75) is 98.0 Å². The van der Waals surface area contributed by atoms with Crippen LogP contribution in [-0.4, -0.2) is 27.4 Å². The maximum Gasteiger partial charge on any atom is 0.325 e. The monoisotopic (exact) mass is 570 g/mol. The average Bonchev–Trinajstić information content (AvgIpc) is 3.62. The van der Waals surface area contributed by atoms with Crippen molar-refractivity contribution in [3.05, 3.63) is 52.4 Å². The number of nitrogens with zero attached hydrogens (tertiary/aromatic N) is 9. The van der Waals surface area contributed by atoms with Gasteiger partial charge in [0, 0.05) is 11.3 Å². The lowest BCUT2D eigenvalue weighted by Crippen LogP contribution is -2.31. The lowest BCUT2D eigenvalue weighted by Gasteiger charge is -2.24. The summed E-state index contributed by atoms with van der Waals surface area (Å²) in [4.78, 5) is 20.7. The number of carbonyl (C=O) groups excluding carboxylic acids is 1. The number of carbonyl (C=O) groups is 1. The van der Waals surface area contributed by atoms with Crippen molar-refractivity contribution >= 4 is 34.6 Å². The van der Waals surface area contributed by atoms with Crippen LogP contribution < -0.4 is 14.8 Å². The molecule has 42 heavy (non-hydrogen) atoms. The molecule has 0 saturated carbocycles. The Labute approximate surface area is 246 Å². The number of aromatic amines is 1. The summed E-state index contributed by atoms with van der Waals surface area (Å²) in [6.45, 7) is 23.8. The molecule has 0 spiro atoms. The van der Waals surface area contributed by atoms with E-state index >= 15 is 0 Å². The summed E-state index contributed by atoms with van der Waals surface area (Å²) >= 11 is 0. The zero-order valence-corrected chi connectivity index (χ0v) is 25.6. The number of nitrogens with one attached hydrogen (secondary N) is 1. The number of azo groups is 1. The predicted octanol–water partition coefficient (Wildman–Crippen LogP) is 7.80. The van der Waals surface area contributed by atoms with Gasteiger partial charge in [-0.2, -0.15) is 5.10 Å². The van der Waals surface area contributed by atoms with Gasteiger partial charge in [0.15, 0.2) is 5.69 Å². The molecule has 0 bridgehead atoms. The highest BCUT2D eigenvalue weighted by molar-refractivity contribution is 5.91. The third-order valence-electron chi connectivity index (χ3n) is 6.71. The van der Waals surface area contributed by atoms with Gasteiger partial charge in [-0.1, -0.05) is 103 Å². The van der Waals surface area contributed by atoms with Gasteiger partial charge in [0.2, 0.25) is 11.9 Å². The van der Waals surface area contributed by atoms with Crippen molar-refractivity contribution in [1.29, 1.82) is 0 Å². The molecule has 0 saturated heterocycles. The van der Waals surface area contributed by atoms with Crippen LogP contribution in [0, 0.1) is 6.57 Å². The molecular formula is C30H38N10O2-2. The summed E-state index contributed by atoms with van der Waals surface area (Å²) in [5.74, 6) is 0.646. The maximum atomic E-state index is 12.3. The van der Waals surface area contributed by atoms with Crippen molar-refractivity contribution in [1.82, 2.24) is 25.4 Å². The third-order valence-corrected chi connectivity index (χ3v) is 6.71. The summed E-state index contributed by atoms with van der Waals surface area (Å²) in [6, 6.07) is 7.03. The van der Waals surface area contributed by atoms with Gasteiger partial charge in [0.05, 0.1) is 6.57 Å². The lowest BCUT2D eigenvalue weighted by molar-refractivity contribution is -0.647. The Bertz CT molecular complexity index is 1600. The number of rotatable bonds is 9. The Morgan fingerprint density at radius 2 is 1.83 bits per heavy atom. The standard InChI is InChI=1S/C30H39N10O2/c1-10-12-13-20(11-2)42-28(41)32-19-16-14-18(15-17-19)25-33-27-22(24(30(6,7)8)38-40(27)39-25)34-36-26-21(31-9)23(35-37-26)29(3,4)5/h14-17,20H,10-13H2,1-8H3,(H2-2,32,33,34,35,36,37,38,39,41)/q-1/p-1. The van der Waals surface area contributed by atoms with Crippen LogP contribution >= 0.6 is 0 Å². The average molecular weight is 571 g/mol. The molecule has 1 N–H and O–H groups in total. The summed E-state index contributed by atoms with van der Waals surface area (Å²) in [5.41, 5.74) is 3.13. The molecule has 0 aliphatic heterocycles. The van der Waals surface area contributed by atoms with Gasteiger partial charge in [0.1, 0.15) is 11.9 Å². The molecule has 1 atom stereocenters. The minimum Gasteiger partial charge on any atom is -0.591 e. The Hall–Kier alpha value is -4.53. The number of fused-ring (bicyclic) bond motifs is 1. The summed E-state index contributed by atoms with van der Waals surface area (Å²) in [5, 5.41) is 29.3. The molecule has 4 aromatic rings. The van der Waals surface area contributed by atoms with Gasteiger partial charge in [-0.25, -0.2) is 4.85 Å². The highest BCUT2D eigenvalue weighted by atomic mass is 16.6. The highest BCUT2D eigenvalue weighted by Gasteiger charge is 2.25. The first kappa shape index (κ1) is 30.4. The third kappa shape index (κ3) is 6.67. The molecule has 0 aliphatic rings. The van der Waals surface area contributed by atoms with Crippen molar-refractivity contribution in [2.75, 3.05) is 0 Å². The van der Waals surface area contributed by atoms with E-state index in [0.29, 0.717) is 39.9 Å². The molecular weight excluding hydrogens is 532 g/mol. The van der Waals surface area contributed by atoms with E-state index in [0.717, 1.165) is 31.2 Å². The fourth-order valence-corrected chi connectivity index (χ4v) is 4.35. The van der Waals surface area contributed by atoms with Gasteiger partial charge < -0.3 is 24.9 Å². The van der Waals surface area contributed by atoms with Gasteiger partial charge in [-0.3, -0.25) is 9.89 Å². The number of amides is 1. The predicted molar refractivity (Wildman–Crippen MR) is 159 cm³/mol. The van der Waals surface area contributed by atoms with E-state index in [1.807, 2.05) is 48.5 Å². The minimum absolute atomic E-state index is 0.125. The fourth-order valence-electron chi connectivity index (χ4n) is 4.35. The molecule has 0 fully saturated rings. The van der Waals surface area contributed by atoms with Crippen LogP contribution in [0.1, 0.15) is 92.5 Å². The minimum atomic E-state index is -0.591. The van der Waals surface area contributed by atoms with E-state index < -0.39 is 6.09 Å². The molecule has 3 aromatic heterocycles. The van der Waals surface area contributed by atoms with E-state index in [4.69, 9.17) is 16.3 Å². The Morgan fingerprint density at radius 3 is 2.43 bits per heavy atom. The largest absolute Gasteiger partial charge is 0.591 e. The first-order chi connectivity index (χ1) is 19.8. The van der Waals surface area contributed by atoms with E-state index in [2.05, 4.69) is 47.7 Å². The smallest absolute Gasteiger partial charge is 0.325 e. The first-order valence-electron chi connectivity index (χ1n) is 14.2. The Morgan fingerprint density at radius 1 is 1.12 bits per heavy atom. The number of H-pyrrole nitrogens is 1. The second-order valence-corrected chi connectivity index (χ2v) is 12.2. The molecule has 4 rings (SSSR count). The zero-order chi connectivity index (χ0) is 30.7. The van der Waals surface area contributed by atoms with E-state index in [1.165, 1.54) is 4.63 Å². The zero-order valence-electron chi connectivity index (χ0n) is 25.6. The topological polar surface area (TPSA) is 143 Å². The van der Waals surface area contributed by atoms with Gasteiger partial charge in [-0.05, 0) is 23.7 Å². The molecule has 1 aromatic carbocycles. The normalized spacial score (nSPS) is 13.0. The van der Waals surface area contributed by atoms with Crippen LogP contribution in [0.4, 0.5) is 27.7 Å². The number of benzene rings is 1. The van der Waals surface area contributed by atoms with E-state index in [9.17, 15) is 4.79 Å². The molecule has 12 nitrogen and oxygen atoms in total. The number of hydrogen-bond acceptors (Lipinski definition) is 6. The van der Waals surface area contributed by atoms with Gasteiger partial charge >= 0.3 is 5.65 Å². The lowest BCUT2D eigenvalue weighted by atomic mass is 9.91. The van der Waals surface area contributed by atoms with Crippen LogP contribution in [0.25, 0.3) is 27.2 Å². The second kappa shape index (κ2) is 12.1. The van der Waals surface area contributed by atoms with Crippen LogP contribution in [0.5, 0.6) is 0 Å². The summed E-state index contributed by atoms with van der Waals surface area (Å²) in [6.07, 6.45) is 2.94. The fraction of sp³-hybridized carbons (Fsp3) is 0.500. The van der Waals surface area contributed by atoms with Crippen molar-refractivity contribution in [2.24, 2.45) is 10.2 Å². The SMILES string of the molecule is [C-]#[N+]c1c(N=Nc2c(C(C)(C)C)[n-][n+]3[n-]c(-c4ccc([N-]C(=O)OC(CC)CCCC)cc4)nc23)n[nH]c1C(C)(C)C. The number of ether oxygens (including phenoxy) is 1. The Balaban J connectivity index is 1.60. The molecule has 12 heteroatoms. The number of aromatic nitrogens is 6. The van der Waals surface area contributed by atoms with E-state index in [-0.39, 0.29) is 22.8 Å². The molecule has 1 unspecified atom stereocenters. The maximum absolute atomic E-state index is 12.3. The van der Waals surface area contributed by atoms with Crippen LogP contribution in [-0.2, 0) is 15.6 Å². The Kier molecular flexibility index (Phi) is 8.80. The van der Waals surface area contributed by atoms with Crippen molar-refractivity contribution in [3.8, 4) is 11.4 Å². The van der Waals surface area contributed by atoms with Crippen LogP contribution in [0.15, 0.2) is 34.5 Å². The quantitative estimate of drug-likeness (QED) is 0.123. The van der Waals surface area contributed by atoms with Gasteiger partial charge in [-0.15, -0.1) is 15.9 Å². The van der Waals surface area contributed by atoms with Gasteiger partial charge in [0.25, 0.3) is 5.69 Å². The number of hydrogen-bond donors (Lipinski definition) is 1. The van der Waals surface area contributed by atoms with E-state index in [1.54, 1.807) is 24.3 Å². The molecule has 3 heterocycles. The molecule has 0 radical (unpaired) electrons. The van der Waals surface area contributed by atoms with Crippen molar-refractivity contribution in [3.63, 3.8) is 0 Å². The summed E-state index contributed by atoms with van der Waals surface area (Å²) < 4.78 is 6.95. The first-order valence-corrected chi connectivity index (χ1v) is 14.2. The highest BCUT2D eigenvalue weighted by Crippen LogP contribution is 2.39. The molecule has 0 aliphatic carbocycles. The molecule has 1 amide bonds. The molecule has 222 valence electrons.